The molecule has 0 aromatic carbocycles. The zero-order chi connectivity index (χ0) is 17.4. The molecule has 0 radical (unpaired) electrons. The van der Waals surface area contributed by atoms with Crippen LogP contribution in [0.2, 0.25) is 0 Å². The van der Waals surface area contributed by atoms with Gasteiger partial charge in [0.1, 0.15) is 5.76 Å². The summed E-state index contributed by atoms with van der Waals surface area (Å²) >= 11 is 0. The molecule has 2 rings (SSSR count). The van der Waals surface area contributed by atoms with Gasteiger partial charge in [0.15, 0.2) is 5.96 Å². The lowest BCUT2D eigenvalue weighted by molar-refractivity contribution is 0.215. The summed E-state index contributed by atoms with van der Waals surface area (Å²) in [7, 11) is 1.84. The molecule has 0 amide bonds. The average Bonchev–Trinajstić information content (AvgIpc) is 3.26. The average molecular weight is 462 g/mol. The normalized spacial score (nSPS) is 18.0. The van der Waals surface area contributed by atoms with E-state index >= 15 is 0 Å². The van der Waals surface area contributed by atoms with Crippen molar-refractivity contribution in [1.82, 2.24) is 15.5 Å². The predicted molar refractivity (Wildman–Crippen MR) is 116 cm³/mol. The van der Waals surface area contributed by atoms with E-state index in [1.807, 2.05) is 13.1 Å². The summed E-state index contributed by atoms with van der Waals surface area (Å²) in [6.45, 7) is 9.85. The zero-order valence-electron chi connectivity index (χ0n) is 16.1. The minimum Gasteiger partial charge on any atom is -0.468 e. The Morgan fingerprint density at radius 2 is 1.96 bits per heavy atom. The van der Waals surface area contributed by atoms with Crippen LogP contribution in [0, 0.1) is 5.92 Å². The van der Waals surface area contributed by atoms with E-state index in [1.54, 1.807) is 6.26 Å². The number of likely N-dealkylation sites (tertiary alicyclic amines) is 1. The number of guanidine groups is 1. The summed E-state index contributed by atoms with van der Waals surface area (Å²) in [5.74, 6) is 2.65. The van der Waals surface area contributed by atoms with Crippen molar-refractivity contribution in [1.29, 1.82) is 0 Å². The van der Waals surface area contributed by atoms with Crippen LogP contribution < -0.4 is 10.6 Å². The molecule has 0 spiro atoms. The molecule has 6 heteroatoms. The van der Waals surface area contributed by atoms with Crippen molar-refractivity contribution in [2.24, 2.45) is 10.9 Å². The van der Waals surface area contributed by atoms with E-state index < -0.39 is 0 Å². The number of nitrogens with one attached hydrogen (secondary N) is 2. The lowest BCUT2D eigenvalue weighted by atomic mass is 10.0. The lowest BCUT2D eigenvalue weighted by Gasteiger charge is -2.27. The molecule has 2 N–H and O–H groups in total. The standard InChI is InChI=1S/C19H34N4O.HI/c1-15(2)9-10-16(3)22-19(20-4)21-14-17(18-8-7-13-24-18)23-11-5-6-12-23;/h7-8,13,15-17H,5-6,9-12,14H2,1-4H3,(H2,20,21,22);1H. The number of aliphatic imine (C=N–C) groups is 1. The Hall–Kier alpha value is -0.760. The van der Waals surface area contributed by atoms with Gasteiger partial charge < -0.3 is 15.1 Å². The number of hydrogen-bond acceptors (Lipinski definition) is 3. The fraction of sp³-hybridized carbons (Fsp3) is 0.737. The van der Waals surface area contributed by atoms with Crippen molar-refractivity contribution >= 4 is 29.9 Å². The van der Waals surface area contributed by atoms with Crippen LogP contribution in [0.25, 0.3) is 0 Å². The Balaban J connectivity index is 0.00000312. The second kappa shape index (κ2) is 11.8. The van der Waals surface area contributed by atoms with Crippen LogP contribution >= 0.6 is 24.0 Å². The molecule has 0 saturated carbocycles. The smallest absolute Gasteiger partial charge is 0.191 e. The van der Waals surface area contributed by atoms with Crippen molar-refractivity contribution in [3.63, 3.8) is 0 Å². The third kappa shape index (κ3) is 7.56. The van der Waals surface area contributed by atoms with Crippen LogP contribution in [0.3, 0.4) is 0 Å². The zero-order valence-corrected chi connectivity index (χ0v) is 18.5. The Morgan fingerprint density at radius 1 is 1.24 bits per heavy atom. The SMILES string of the molecule is CN=C(NCC(c1ccco1)N1CCCC1)NC(C)CCC(C)C.I. The van der Waals surface area contributed by atoms with Gasteiger partial charge in [-0.2, -0.15) is 0 Å². The molecule has 144 valence electrons. The molecule has 1 fully saturated rings. The largest absolute Gasteiger partial charge is 0.468 e. The fourth-order valence-electron chi connectivity index (χ4n) is 3.22. The Bertz CT molecular complexity index is 484. The highest BCUT2D eigenvalue weighted by molar-refractivity contribution is 14.0. The molecule has 2 unspecified atom stereocenters. The molecule has 5 nitrogen and oxygen atoms in total. The monoisotopic (exact) mass is 462 g/mol. The first-order valence-electron chi connectivity index (χ1n) is 9.34. The number of rotatable bonds is 8. The van der Waals surface area contributed by atoms with Gasteiger partial charge >= 0.3 is 0 Å². The van der Waals surface area contributed by atoms with Crippen molar-refractivity contribution in [3.8, 4) is 0 Å². The van der Waals surface area contributed by atoms with Crippen molar-refractivity contribution in [3.05, 3.63) is 24.2 Å². The van der Waals surface area contributed by atoms with Gasteiger partial charge in [0.25, 0.3) is 0 Å². The topological polar surface area (TPSA) is 52.8 Å². The first-order chi connectivity index (χ1) is 11.6. The maximum Gasteiger partial charge on any atom is 0.191 e. The summed E-state index contributed by atoms with van der Waals surface area (Å²) in [5, 5.41) is 6.99. The van der Waals surface area contributed by atoms with E-state index in [9.17, 15) is 0 Å². The quantitative estimate of drug-likeness (QED) is 0.348. The number of hydrogen-bond donors (Lipinski definition) is 2. The second-order valence-corrected chi connectivity index (χ2v) is 7.24. The van der Waals surface area contributed by atoms with E-state index in [4.69, 9.17) is 4.42 Å². The van der Waals surface area contributed by atoms with Gasteiger partial charge in [0.05, 0.1) is 12.3 Å². The summed E-state index contributed by atoms with van der Waals surface area (Å²) < 4.78 is 5.68. The molecule has 2 heterocycles. The maximum absolute atomic E-state index is 5.68. The first-order valence-corrected chi connectivity index (χ1v) is 9.34. The number of halogens is 1. The summed E-state index contributed by atoms with van der Waals surface area (Å²) in [6, 6.07) is 4.74. The van der Waals surface area contributed by atoms with Crippen LogP contribution in [0.15, 0.2) is 27.8 Å². The Kier molecular flexibility index (Phi) is 10.5. The molecule has 1 aromatic heterocycles. The Labute approximate surface area is 170 Å². The fourth-order valence-corrected chi connectivity index (χ4v) is 3.22. The molecular weight excluding hydrogens is 427 g/mol. The molecule has 1 aliphatic heterocycles. The Morgan fingerprint density at radius 3 is 2.52 bits per heavy atom. The van der Waals surface area contributed by atoms with Crippen LogP contribution in [0.5, 0.6) is 0 Å². The summed E-state index contributed by atoms with van der Waals surface area (Å²) in [4.78, 5) is 6.88. The van der Waals surface area contributed by atoms with Gasteiger partial charge in [0.2, 0.25) is 0 Å². The minimum atomic E-state index is 0. The molecule has 1 aromatic rings. The molecular formula is C19H35IN4O. The van der Waals surface area contributed by atoms with Crippen LogP contribution in [-0.2, 0) is 0 Å². The van der Waals surface area contributed by atoms with E-state index in [0.29, 0.717) is 6.04 Å². The number of nitrogens with zero attached hydrogens (tertiary/aromatic N) is 2. The maximum atomic E-state index is 5.68. The van der Waals surface area contributed by atoms with Gasteiger partial charge in [0, 0.05) is 19.6 Å². The molecule has 1 saturated heterocycles. The highest BCUT2D eigenvalue weighted by Gasteiger charge is 2.25. The highest BCUT2D eigenvalue weighted by atomic mass is 127. The van der Waals surface area contributed by atoms with Gasteiger partial charge in [-0.25, -0.2) is 0 Å². The summed E-state index contributed by atoms with van der Waals surface area (Å²) in [5.41, 5.74) is 0. The lowest BCUT2D eigenvalue weighted by Crippen LogP contribution is -2.45. The minimum absolute atomic E-state index is 0. The van der Waals surface area contributed by atoms with Crippen molar-refractivity contribution in [2.75, 3.05) is 26.7 Å². The number of furan rings is 1. The van der Waals surface area contributed by atoms with E-state index in [0.717, 1.165) is 43.7 Å². The van der Waals surface area contributed by atoms with Crippen molar-refractivity contribution in [2.45, 2.75) is 58.5 Å². The first kappa shape index (κ1) is 22.3. The predicted octanol–water partition coefficient (Wildman–Crippen LogP) is 4.02. The molecule has 0 aliphatic carbocycles. The molecule has 0 bridgehead atoms. The van der Waals surface area contributed by atoms with Gasteiger partial charge in [-0.05, 0) is 63.7 Å². The van der Waals surface area contributed by atoms with E-state index in [-0.39, 0.29) is 30.0 Å². The molecule has 2 atom stereocenters. The molecule has 25 heavy (non-hydrogen) atoms. The van der Waals surface area contributed by atoms with Crippen LogP contribution in [0.1, 0.15) is 58.3 Å². The van der Waals surface area contributed by atoms with Gasteiger partial charge in [-0.3, -0.25) is 9.89 Å². The molecule has 1 aliphatic rings. The second-order valence-electron chi connectivity index (χ2n) is 7.24. The van der Waals surface area contributed by atoms with Crippen LogP contribution in [0.4, 0.5) is 0 Å². The highest BCUT2D eigenvalue weighted by Crippen LogP contribution is 2.24. The van der Waals surface area contributed by atoms with E-state index in [2.05, 4.69) is 47.4 Å². The van der Waals surface area contributed by atoms with Gasteiger partial charge in [-0.1, -0.05) is 13.8 Å². The van der Waals surface area contributed by atoms with Gasteiger partial charge in [-0.15, -0.1) is 24.0 Å². The third-order valence-electron chi connectivity index (χ3n) is 4.70. The van der Waals surface area contributed by atoms with Crippen molar-refractivity contribution < 1.29 is 4.42 Å². The van der Waals surface area contributed by atoms with E-state index in [1.165, 1.54) is 19.3 Å². The summed E-state index contributed by atoms with van der Waals surface area (Å²) in [6.07, 6.45) is 6.70. The third-order valence-corrected chi connectivity index (χ3v) is 4.70. The van der Waals surface area contributed by atoms with Crippen LogP contribution in [-0.4, -0.2) is 43.6 Å².